The van der Waals surface area contributed by atoms with Crippen LogP contribution in [-0.4, -0.2) is 29.1 Å². The number of aromatic nitrogens is 2. The van der Waals surface area contributed by atoms with Crippen LogP contribution in [0.5, 0.6) is 0 Å². The molecule has 25 heavy (non-hydrogen) atoms. The van der Waals surface area contributed by atoms with E-state index in [1.807, 2.05) is 49.4 Å². The number of rotatable bonds is 5. The van der Waals surface area contributed by atoms with E-state index in [0.29, 0.717) is 6.54 Å². The fourth-order valence-electron chi connectivity index (χ4n) is 2.77. The lowest BCUT2D eigenvalue weighted by Crippen LogP contribution is -2.38. The lowest BCUT2D eigenvalue weighted by molar-refractivity contribution is 0.660. The van der Waals surface area contributed by atoms with E-state index in [4.69, 9.17) is 11.6 Å². The Balaban J connectivity index is 1.54. The van der Waals surface area contributed by atoms with Gasteiger partial charge in [0.2, 0.25) is 0 Å². The number of aliphatic imine (C=N–C) groups is 1. The van der Waals surface area contributed by atoms with Gasteiger partial charge in [-0.25, -0.2) is 4.98 Å². The first-order valence-electron chi connectivity index (χ1n) is 8.28. The van der Waals surface area contributed by atoms with Crippen LogP contribution in [0.15, 0.2) is 53.5 Å². The second kappa shape index (κ2) is 8.03. The van der Waals surface area contributed by atoms with Crippen molar-refractivity contribution in [2.45, 2.75) is 20.0 Å². The molecule has 1 heterocycles. The van der Waals surface area contributed by atoms with Gasteiger partial charge in [0.1, 0.15) is 5.82 Å². The molecule has 2 N–H and O–H groups in total. The minimum absolute atomic E-state index is 0.698. The number of nitrogens with one attached hydrogen (secondary N) is 2. The summed E-state index contributed by atoms with van der Waals surface area (Å²) in [6, 6.07) is 16.0. The Morgan fingerprint density at radius 1 is 1.12 bits per heavy atom. The fraction of sp³-hybridized carbons (Fsp3) is 0.263. The van der Waals surface area contributed by atoms with E-state index in [0.717, 1.165) is 46.5 Å². The van der Waals surface area contributed by atoms with Gasteiger partial charge in [-0.2, -0.15) is 0 Å². The zero-order chi connectivity index (χ0) is 17.6. The number of nitrogens with zero attached hydrogens (tertiary/aromatic N) is 3. The molecule has 0 aliphatic carbocycles. The molecule has 0 amide bonds. The minimum atomic E-state index is 0.698. The molecule has 0 radical (unpaired) electrons. The molecule has 2 aromatic carbocycles. The van der Waals surface area contributed by atoms with Crippen LogP contribution in [-0.2, 0) is 13.1 Å². The summed E-state index contributed by atoms with van der Waals surface area (Å²) in [5.74, 6) is 1.80. The first kappa shape index (κ1) is 17.3. The summed E-state index contributed by atoms with van der Waals surface area (Å²) in [7, 11) is 1.77. The lowest BCUT2D eigenvalue weighted by atomic mass is 10.2. The standard InChI is InChI=1S/C19H22ClN5/c1-14-24-17-5-3-4-6-18(17)25(14)12-11-22-19(21-2)23-13-15-7-9-16(20)10-8-15/h3-10H,11-13H2,1-2H3,(H2,21,22,23). The molecule has 0 saturated carbocycles. The Morgan fingerprint density at radius 2 is 1.88 bits per heavy atom. The molecule has 3 aromatic rings. The number of fused-ring (bicyclic) bond motifs is 1. The number of imidazole rings is 1. The molecule has 0 unspecified atom stereocenters. The van der Waals surface area contributed by atoms with Crippen molar-refractivity contribution in [1.82, 2.24) is 20.2 Å². The van der Waals surface area contributed by atoms with Crippen molar-refractivity contribution in [2.75, 3.05) is 13.6 Å². The van der Waals surface area contributed by atoms with Gasteiger partial charge < -0.3 is 15.2 Å². The summed E-state index contributed by atoms with van der Waals surface area (Å²) in [5, 5.41) is 7.40. The average molecular weight is 356 g/mol. The van der Waals surface area contributed by atoms with Crippen molar-refractivity contribution in [1.29, 1.82) is 0 Å². The van der Waals surface area contributed by atoms with E-state index in [1.54, 1.807) is 7.05 Å². The predicted molar refractivity (Wildman–Crippen MR) is 104 cm³/mol. The molecule has 0 atom stereocenters. The van der Waals surface area contributed by atoms with Crippen molar-refractivity contribution >= 4 is 28.6 Å². The van der Waals surface area contributed by atoms with Crippen LogP contribution < -0.4 is 10.6 Å². The molecule has 0 spiro atoms. The van der Waals surface area contributed by atoms with Crippen molar-refractivity contribution in [3.63, 3.8) is 0 Å². The molecule has 0 saturated heterocycles. The summed E-state index contributed by atoms with van der Waals surface area (Å²) in [6.45, 7) is 4.33. The zero-order valence-electron chi connectivity index (χ0n) is 14.5. The van der Waals surface area contributed by atoms with E-state index in [-0.39, 0.29) is 0 Å². The normalized spacial score (nSPS) is 11.7. The molecular weight excluding hydrogens is 334 g/mol. The van der Waals surface area contributed by atoms with Crippen LogP contribution in [0.1, 0.15) is 11.4 Å². The van der Waals surface area contributed by atoms with E-state index in [9.17, 15) is 0 Å². The summed E-state index contributed by atoms with van der Waals surface area (Å²) < 4.78 is 2.22. The lowest BCUT2D eigenvalue weighted by Gasteiger charge is -2.13. The molecule has 0 aliphatic rings. The number of para-hydroxylation sites is 2. The largest absolute Gasteiger partial charge is 0.355 e. The van der Waals surface area contributed by atoms with Gasteiger partial charge in [-0.05, 0) is 36.8 Å². The van der Waals surface area contributed by atoms with E-state index in [1.165, 1.54) is 0 Å². The first-order chi connectivity index (χ1) is 12.2. The van der Waals surface area contributed by atoms with Crippen LogP contribution >= 0.6 is 11.6 Å². The second-order valence-electron chi connectivity index (χ2n) is 5.78. The van der Waals surface area contributed by atoms with Crippen LogP contribution in [0.4, 0.5) is 0 Å². The number of hydrogen-bond donors (Lipinski definition) is 2. The quantitative estimate of drug-likeness (QED) is 0.545. The van der Waals surface area contributed by atoms with E-state index >= 15 is 0 Å². The van der Waals surface area contributed by atoms with Crippen molar-refractivity contribution in [3.8, 4) is 0 Å². The average Bonchev–Trinajstić information content (AvgIpc) is 2.95. The minimum Gasteiger partial charge on any atom is -0.355 e. The molecule has 1 aromatic heterocycles. The Morgan fingerprint density at radius 3 is 2.64 bits per heavy atom. The SMILES string of the molecule is CN=C(NCCn1c(C)nc2ccccc21)NCc1ccc(Cl)cc1. The molecule has 5 nitrogen and oxygen atoms in total. The summed E-state index contributed by atoms with van der Waals surface area (Å²) in [6.07, 6.45) is 0. The molecular formula is C19H22ClN5. The maximum absolute atomic E-state index is 5.91. The van der Waals surface area contributed by atoms with E-state index < -0.39 is 0 Å². The highest BCUT2D eigenvalue weighted by molar-refractivity contribution is 6.30. The molecule has 6 heteroatoms. The Kier molecular flexibility index (Phi) is 5.56. The number of hydrogen-bond acceptors (Lipinski definition) is 2. The van der Waals surface area contributed by atoms with Gasteiger partial charge in [0, 0.05) is 31.7 Å². The fourth-order valence-corrected chi connectivity index (χ4v) is 2.90. The van der Waals surface area contributed by atoms with Gasteiger partial charge in [-0.3, -0.25) is 4.99 Å². The van der Waals surface area contributed by atoms with Gasteiger partial charge in [0.15, 0.2) is 5.96 Å². The summed E-state index contributed by atoms with van der Waals surface area (Å²) >= 11 is 5.91. The van der Waals surface area contributed by atoms with Crippen molar-refractivity contribution < 1.29 is 0 Å². The van der Waals surface area contributed by atoms with Crippen molar-refractivity contribution in [2.24, 2.45) is 4.99 Å². The highest BCUT2D eigenvalue weighted by atomic mass is 35.5. The van der Waals surface area contributed by atoms with Crippen LogP contribution in [0.3, 0.4) is 0 Å². The second-order valence-corrected chi connectivity index (χ2v) is 6.21. The van der Waals surface area contributed by atoms with Crippen LogP contribution in [0, 0.1) is 6.92 Å². The maximum Gasteiger partial charge on any atom is 0.191 e. The number of guanidine groups is 1. The van der Waals surface area contributed by atoms with Gasteiger partial charge >= 0.3 is 0 Å². The number of aryl methyl sites for hydroxylation is 1. The Labute approximate surface area is 152 Å². The third kappa shape index (κ3) is 4.31. The molecule has 0 bridgehead atoms. The topological polar surface area (TPSA) is 54.2 Å². The first-order valence-corrected chi connectivity index (χ1v) is 8.66. The van der Waals surface area contributed by atoms with E-state index in [2.05, 4.69) is 31.2 Å². The molecule has 0 aliphatic heterocycles. The highest BCUT2D eigenvalue weighted by Crippen LogP contribution is 2.14. The summed E-state index contributed by atoms with van der Waals surface area (Å²) in [4.78, 5) is 8.86. The third-order valence-corrected chi connectivity index (χ3v) is 4.32. The molecule has 130 valence electrons. The number of halogens is 1. The van der Waals surface area contributed by atoms with Crippen LogP contribution in [0.2, 0.25) is 5.02 Å². The van der Waals surface area contributed by atoms with Crippen molar-refractivity contribution in [3.05, 3.63) is 64.9 Å². The monoisotopic (exact) mass is 355 g/mol. The molecule has 3 rings (SSSR count). The summed E-state index contributed by atoms with van der Waals surface area (Å²) in [5.41, 5.74) is 3.35. The van der Waals surface area contributed by atoms with Gasteiger partial charge in [0.05, 0.1) is 11.0 Å². The molecule has 0 fully saturated rings. The Hall–Kier alpha value is -2.53. The van der Waals surface area contributed by atoms with Crippen LogP contribution in [0.25, 0.3) is 11.0 Å². The smallest absolute Gasteiger partial charge is 0.191 e. The highest BCUT2D eigenvalue weighted by Gasteiger charge is 2.06. The number of benzene rings is 2. The Bertz CT molecular complexity index is 867. The van der Waals surface area contributed by atoms with Gasteiger partial charge in [0.25, 0.3) is 0 Å². The maximum atomic E-state index is 5.91. The zero-order valence-corrected chi connectivity index (χ0v) is 15.2. The third-order valence-electron chi connectivity index (χ3n) is 4.07. The van der Waals surface area contributed by atoms with Gasteiger partial charge in [-0.15, -0.1) is 0 Å². The van der Waals surface area contributed by atoms with Gasteiger partial charge in [-0.1, -0.05) is 35.9 Å². The predicted octanol–water partition coefficient (Wildman–Crippen LogP) is 3.36.